The Labute approximate surface area is 114 Å². The van der Waals surface area contributed by atoms with E-state index >= 15 is 0 Å². The van der Waals surface area contributed by atoms with Crippen molar-refractivity contribution in [2.45, 2.75) is 52.9 Å². The van der Waals surface area contributed by atoms with Crippen molar-refractivity contribution < 1.29 is 4.74 Å². The normalized spacial score (nSPS) is 15.8. The van der Waals surface area contributed by atoms with Crippen LogP contribution >= 0.6 is 11.6 Å². The summed E-state index contributed by atoms with van der Waals surface area (Å²) in [6.45, 7) is 9.18. The molecule has 0 saturated heterocycles. The largest absolute Gasteiger partial charge is 0.477 e. The van der Waals surface area contributed by atoms with Crippen molar-refractivity contribution in [2.75, 3.05) is 6.61 Å². The summed E-state index contributed by atoms with van der Waals surface area (Å²) in [7, 11) is 0. The third-order valence-electron chi connectivity index (χ3n) is 3.09. The minimum Gasteiger partial charge on any atom is -0.477 e. The lowest BCUT2D eigenvalue weighted by Gasteiger charge is -2.18. The first-order chi connectivity index (χ1) is 8.37. The smallest absolute Gasteiger partial charge is 0.221 e. The molecule has 0 bridgehead atoms. The van der Waals surface area contributed by atoms with Crippen LogP contribution in [-0.2, 0) is 0 Å². The number of ether oxygens (including phenoxy) is 1. The van der Waals surface area contributed by atoms with Crippen LogP contribution in [0.3, 0.4) is 0 Å². The molecule has 4 heteroatoms. The van der Waals surface area contributed by atoms with Crippen LogP contribution in [0.4, 0.5) is 0 Å². The highest BCUT2D eigenvalue weighted by Crippen LogP contribution is 2.39. The molecule has 1 aromatic rings. The predicted molar refractivity (Wildman–Crippen MR) is 73.3 cm³/mol. The first kappa shape index (κ1) is 13.6. The van der Waals surface area contributed by atoms with E-state index in [0.717, 1.165) is 17.8 Å². The van der Waals surface area contributed by atoms with Gasteiger partial charge in [-0.3, -0.25) is 0 Å². The highest BCUT2D eigenvalue weighted by atomic mass is 35.5. The van der Waals surface area contributed by atoms with Crippen LogP contribution in [0.25, 0.3) is 0 Å². The van der Waals surface area contributed by atoms with Gasteiger partial charge in [0.05, 0.1) is 6.61 Å². The zero-order valence-electron chi connectivity index (χ0n) is 11.6. The van der Waals surface area contributed by atoms with E-state index in [4.69, 9.17) is 16.3 Å². The van der Waals surface area contributed by atoms with Crippen molar-refractivity contribution >= 4 is 11.6 Å². The van der Waals surface area contributed by atoms with E-state index in [1.807, 2.05) is 6.92 Å². The van der Waals surface area contributed by atoms with Crippen LogP contribution in [0.5, 0.6) is 5.88 Å². The molecular formula is C14H21ClN2O. The van der Waals surface area contributed by atoms with Crippen molar-refractivity contribution in [3.05, 3.63) is 16.5 Å². The molecule has 0 radical (unpaired) electrons. The van der Waals surface area contributed by atoms with Gasteiger partial charge in [-0.2, -0.15) is 4.98 Å². The number of hydrogen-bond acceptors (Lipinski definition) is 3. The van der Waals surface area contributed by atoms with E-state index in [0.29, 0.717) is 23.6 Å². The summed E-state index contributed by atoms with van der Waals surface area (Å²) < 4.78 is 5.78. The highest BCUT2D eigenvalue weighted by Gasteiger charge is 2.28. The van der Waals surface area contributed by atoms with Crippen molar-refractivity contribution in [1.82, 2.24) is 9.97 Å². The molecule has 1 aliphatic carbocycles. The summed E-state index contributed by atoms with van der Waals surface area (Å²) in [4.78, 5) is 8.82. The van der Waals surface area contributed by atoms with Crippen LogP contribution in [-0.4, -0.2) is 16.6 Å². The Morgan fingerprint density at radius 1 is 1.28 bits per heavy atom. The van der Waals surface area contributed by atoms with Crippen LogP contribution in [0.1, 0.15) is 57.3 Å². The van der Waals surface area contributed by atoms with Crippen molar-refractivity contribution in [1.29, 1.82) is 0 Å². The first-order valence-electron chi connectivity index (χ1n) is 6.53. The first-order valence-corrected chi connectivity index (χ1v) is 6.91. The molecule has 1 heterocycles. The third kappa shape index (κ3) is 3.58. The lowest BCUT2D eigenvalue weighted by molar-refractivity contribution is 0.234. The van der Waals surface area contributed by atoms with Gasteiger partial charge in [0, 0.05) is 11.5 Å². The summed E-state index contributed by atoms with van der Waals surface area (Å²) in [5.74, 6) is 1.99. The van der Waals surface area contributed by atoms with E-state index in [2.05, 4.69) is 30.7 Å². The zero-order valence-corrected chi connectivity index (χ0v) is 12.3. The number of halogens is 1. The molecule has 0 aromatic carbocycles. The van der Waals surface area contributed by atoms with Gasteiger partial charge in [-0.25, -0.2) is 4.98 Å². The van der Waals surface area contributed by atoms with Crippen molar-refractivity contribution in [3.63, 3.8) is 0 Å². The van der Waals surface area contributed by atoms with Gasteiger partial charge in [0.2, 0.25) is 5.88 Å². The molecule has 0 N–H and O–H groups in total. The Morgan fingerprint density at radius 2 is 1.94 bits per heavy atom. The fourth-order valence-electron chi connectivity index (χ4n) is 1.60. The van der Waals surface area contributed by atoms with Crippen molar-refractivity contribution in [2.24, 2.45) is 5.41 Å². The maximum absolute atomic E-state index is 6.13. The monoisotopic (exact) mass is 268 g/mol. The standard InChI is InChI=1S/C14H21ClN2O/c1-9-11(15)16-12(10-5-6-10)17-13(9)18-8-7-14(2,3)4/h10H,5-8H2,1-4H3. The van der Waals surface area contributed by atoms with Crippen molar-refractivity contribution in [3.8, 4) is 5.88 Å². The minimum absolute atomic E-state index is 0.268. The van der Waals surface area contributed by atoms with Gasteiger partial charge < -0.3 is 4.74 Å². The molecule has 0 spiro atoms. The molecule has 0 amide bonds. The second-order valence-electron chi connectivity index (χ2n) is 6.24. The zero-order chi connectivity index (χ0) is 13.3. The van der Waals surface area contributed by atoms with Crippen LogP contribution in [0.2, 0.25) is 5.15 Å². The van der Waals surface area contributed by atoms with E-state index in [1.165, 1.54) is 12.8 Å². The summed E-state index contributed by atoms with van der Waals surface area (Å²) in [6.07, 6.45) is 3.33. The fourth-order valence-corrected chi connectivity index (χ4v) is 1.77. The number of rotatable bonds is 4. The van der Waals surface area contributed by atoms with E-state index < -0.39 is 0 Å². The Hall–Kier alpha value is -0.830. The number of aromatic nitrogens is 2. The fraction of sp³-hybridized carbons (Fsp3) is 0.714. The molecule has 1 saturated carbocycles. The SMILES string of the molecule is Cc1c(Cl)nc(C2CC2)nc1OCCC(C)(C)C. The van der Waals surface area contributed by atoms with Gasteiger partial charge in [0.15, 0.2) is 0 Å². The molecule has 1 fully saturated rings. The Balaban J connectivity index is 2.06. The van der Waals surface area contributed by atoms with Crippen LogP contribution in [0, 0.1) is 12.3 Å². The summed E-state index contributed by atoms with van der Waals surface area (Å²) in [5.41, 5.74) is 1.11. The Bertz CT molecular complexity index is 436. The molecule has 18 heavy (non-hydrogen) atoms. The Kier molecular flexibility index (Phi) is 3.81. The molecule has 3 nitrogen and oxygen atoms in total. The maximum Gasteiger partial charge on any atom is 0.221 e. The van der Waals surface area contributed by atoms with Gasteiger partial charge in [-0.15, -0.1) is 0 Å². The number of nitrogens with zero attached hydrogens (tertiary/aromatic N) is 2. The number of hydrogen-bond donors (Lipinski definition) is 0. The van der Waals surface area contributed by atoms with Gasteiger partial charge in [0.25, 0.3) is 0 Å². The molecule has 0 aliphatic heterocycles. The highest BCUT2D eigenvalue weighted by molar-refractivity contribution is 6.30. The van der Waals surface area contributed by atoms with E-state index in [1.54, 1.807) is 0 Å². The second kappa shape index (κ2) is 5.04. The second-order valence-corrected chi connectivity index (χ2v) is 6.59. The topological polar surface area (TPSA) is 35.0 Å². The van der Waals surface area contributed by atoms with Crippen LogP contribution < -0.4 is 4.74 Å². The maximum atomic E-state index is 6.13. The lowest BCUT2D eigenvalue weighted by Crippen LogP contribution is -2.12. The van der Waals surface area contributed by atoms with Gasteiger partial charge in [-0.05, 0) is 31.6 Å². The summed E-state index contributed by atoms with van der Waals surface area (Å²) in [5, 5.41) is 0.526. The summed E-state index contributed by atoms with van der Waals surface area (Å²) in [6, 6.07) is 0. The molecular weight excluding hydrogens is 248 g/mol. The quantitative estimate of drug-likeness (QED) is 0.770. The third-order valence-corrected chi connectivity index (χ3v) is 3.46. The lowest BCUT2D eigenvalue weighted by atomic mass is 9.93. The van der Waals surface area contributed by atoms with Gasteiger partial charge >= 0.3 is 0 Å². The van der Waals surface area contributed by atoms with Gasteiger partial charge in [0.1, 0.15) is 11.0 Å². The summed E-state index contributed by atoms with van der Waals surface area (Å²) >= 11 is 6.13. The van der Waals surface area contributed by atoms with Crippen LogP contribution in [0.15, 0.2) is 0 Å². The molecule has 1 aromatic heterocycles. The predicted octanol–water partition coefficient (Wildman–Crippen LogP) is 4.13. The minimum atomic E-state index is 0.268. The van der Waals surface area contributed by atoms with Gasteiger partial charge in [-0.1, -0.05) is 32.4 Å². The van der Waals surface area contributed by atoms with E-state index in [9.17, 15) is 0 Å². The Morgan fingerprint density at radius 3 is 2.50 bits per heavy atom. The molecule has 0 unspecified atom stereocenters. The average Bonchev–Trinajstić information content (AvgIpc) is 3.05. The molecule has 2 rings (SSSR count). The van der Waals surface area contributed by atoms with E-state index in [-0.39, 0.29) is 5.41 Å². The average molecular weight is 269 g/mol. The molecule has 100 valence electrons. The molecule has 0 atom stereocenters. The molecule has 1 aliphatic rings.